The summed E-state index contributed by atoms with van der Waals surface area (Å²) >= 11 is 0. The lowest BCUT2D eigenvalue weighted by atomic mass is 10.2. The molecule has 2 N–H and O–H groups in total. The minimum Gasteiger partial charge on any atom is -0.483 e. The summed E-state index contributed by atoms with van der Waals surface area (Å²) in [5, 5.41) is 5.77. The number of para-hydroxylation sites is 1. The highest BCUT2D eigenvalue weighted by Gasteiger charge is 2.18. The van der Waals surface area contributed by atoms with Crippen LogP contribution in [0.1, 0.15) is 40.2 Å². The van der Waals surface area contributed by atoms with Gasteiger partial charge in [0.1, 0.15) is 11.6 Å². The number of benzene rings is 2. The van der Waals surface area contributed by atoms with E-state index in [1.54, 1.807) is 18.2 Å². The van der Waals surface area contributed by atoms with E-state index >= 15 is 0 Å². The van der Waals surface area contributed by atoms with Crippen LogP contribution in [-0.2, 0) is 16.1 Å². The minimum atomic E-state index is -0.310. The second-order valence-corrected chi connectivity index (χ2v) is 8.61. The molecule has 1 aromatic heterocycles. The number of nitrogens with one attached hydrogen (secondary N) is 2. The minimum absolute atomic E-state index is 0.0754. The van der Waals surface area contributed by atoms with Crippen molar-refractivity contribution in [2.45, 2.75) is 39.3 Å². The molecule has 4 rings (SSSR count). The summed E-state index contributed by atoms with van der Waals surface area (Å²) in [5.41, 5.74) is 3.73. The Balaban J connectivity index is 1.36. The van der Waals surface area contributed by atoms with Crippen LogP contribution in [0.2, 0.25) is 0 Å². The molecule has 1 aliphatic heterocycles. The molecule has 35 heavy (non-hydrogen) atoms. The quantitative estimate of drug-likeness (QED) is 0.489. The number of amides is 2. The summed E-state index contributed by atoms with van der Waals surface area (Å²) in [5.74, 6) is -0.213. The predicted molar refractivity (Wildman–Crippen MR) is 130 cm³/mol. The molecular weight excluding hydrogens is 449 g/mol. The fourth-order valence-electron chi connectivity index (χ4n) is 4.27. The Bertz CT molecular complexity index is 1180. The van der Waals surface area contributed by atoms with E-state index in [1.165, 1.54) is 12.1 Å². The van der Waals surface area contributed by atoms with Crippen molar-refractivity contribution in [1.29, 1.82) is 0 Å². The van der Waals surface area contributed by atoms with Crippen LogP contribution < -0.4 is 15.4 Å². The van der Waals surface area contributed by atoms with Crippen LogP contribution in [-0.4, -0.2) is 42.2 Å². The van der Waals surface area contributed by atoms with E-state index in [4.69, 9.17) is 9.47 Å². The molecule has 1 atom stereocenters. The van der Waals surface area contributed by atoms with Crippen molar-refractivity contribution >= 4 is 11.8 Å². The summed E-state index contributed by atoms with van der Waals surface area (Å²) in [6.45, 7) is 5.11. The van der Waals surface area contributed by atoms with Crippen molar-refractivity contribution in [3.8, 4) is 11.4 Å². The first-order valence-corrected chi connectivity index (χ1v) is 11.7. The summed E-state index contributed by atoms with van der Waals surface area (Å²) in [4.78, 5) is 25.1. The van der Waals surface area contributed by atoms with Gasteiger partial charge in [-0.15, -0.1) is 0 Å². The van der Waals surface area contributed by atoms with Gasteiger partial charge in [-0.3, -0.25) is 9.59 Å². The number of rotatable bonds is 9. The van der Waals surface area contributed by atoms with Gasteiger partial charge in [0.05, 0.1) is 11.7 Å². The third-order valence-electron chi connectivity index (χ3n) is 6.08. The van der Waals surface area contributed by atoms with Crippen LogP contribution in [0.25, 0.3) is 5.69 Å². The molecule has 0 spiro atoms. The molecule has 2 amide bonds. The number of carbonyl (C=O) groups excluding carboxylic acids is 2. The van der Waals surface area contributed by atoms with Gasteiger partial charge in [-0.25, -0.2) is 4.39 Å². The maximum absolute atomic E-state index is 13.3. The van der Waals surface area contributed by atoms with Crippen LogP contribution in [0.3, 0.4) is 0 Å². The molecule has 0 radical (unpaired) electrons. The lowest BCUT2D eigenvalue weighted by Gasteiger charge is -2.14. The zero-order chi connectivity index (χ0) is 24.8. The van der Waals surface area contributed by atoms with Gasteiger partial charge in [0.25, 0.3) is 11.8 Å². The van der Waals surface area contributed by atoms with Crippen molar-refractivity contribution in [3.63, 3.8) is 0 Å². The molecule has 7 nitrogen and oxygen atoms in total. The third kappa shape index (κ3) is 6.08. The van der Waals surface area contributed by atoms with Crippen molar-refractivity contribution in [2.75, 3.05) is 19.8 Å². The highest BCUT2D eigenvalue weighted by atomic mass is 19.1. The summed E-state index contributed by atoms with van der Waals surface area (Å²) in [6, 6.07) is 15.3. The highest BCUT2D eigenvalue weighted by molar-refractivity contribution is 5.96. The van der Waals surface area contributed by atoms with Crippen LogP contribution >= 0.6 is 0 Å². The first-order chi connectivity index (χ1) is 16.9. The molecule has 1 aliphatic rings. The average Bonchev–Trinajstić information content (AvgIpc) is 3.48. The topological polar surface area (TPSA) is 81.6 Å². The first kappa shape index (κ1) is 24.5. The molecule has 1 fully saturated rings. The van der Waals surface area contributed by atoms with Crippen molar-refractivity contribution in [2.24, 2.45) is 0 Å². The van der Waals surface area contributed by atoms with Gasteiger partial charge < -0.3 is 24.7 Å². The van der Waals surface area contributed by atoms with E-state index in [0.29, 0.717) is 17.9 Å². The summed E-state index contributed by atoms with van der Waals surface area (Å²) in [6.07, 6.45) is 2.05. The van der Waals surface area contributed by atoms with Gasteiger partial charge in [-0.05, 0) is 63.1 Å². The van der Waals surface area contributed by atoms with Gasteiger partial charge in [-0.2, -0.15) is 0 Å². The predicted octanol–water partition coefficient (Wildman–Crippen LogP) is 3.84. The number of ether oxygens (including phenoxy) is 2. The summed E-state index contributed by atoms with van der Waals surface area (Å²) in [7, 11) is 0. The number of hydrogen-bond donors (Lipinski definition) is 2. The second kappa shape index (κ2) is 11.2. The van der Waals surface area contributed by atoms with E-state index in [0.717, 1.165) is 42.1 Å². The molecule has 3 aromatic rings. The molecule has 0 saturated carbocycles. The lowest BCUT2D eigenvalue weighted by Crippen LogP contribution is -2.35. The molecule has 8 heteroatoms. The average molecular weight is 480 g/mol. The molecule has 184 valence electrons. The SMILES string of the molecule is Cc1cc(C(=O)NCc2ccccc2OCC(=O)NC[C@H]2CCCO2)c(C)n1-c1ccc(F)cc1. The standard InChI is InChI=1S/C27H30FN3O4/c1-18-14-24(19(2)31(18)22-11-9-21(28)10-12-22)27(33)30-15-20-6-3-4-8-25(20)35-17-26(32)29-16-23-7-5-13-34-23/h3-4,6,8-12,14,23H,5,7,13,15-17H2,1-2H3,(H,29,32)(H,30,33)/t23-/m1/s1. The van der Waals surface area contributed by atoms with Crippen molar-refractivity contribution in [1.82, 2.24) is 15.2 Å². The molecule has 0 unspecified atom stereocenters. The molecule has 0 aliphatic carbocycles. The molecule has 0 bridgehead atoms. The van der Waals surface area contributed by atoms with Crippen LogP contribution in [0.15, 0.2) is 54.6 Å². The number of aryl methyl sites for hydroxylation is 1. The number of aromatic nitrogens is 1. The summed E-state index contributed by atoms with van der Waals surface area (Å²) < 4.78 is 26.5. The van der Waals surface area contributed by atoms with Crippen LogP contribution in [0, 0.1) is 19.7 Å². The number of hydrogen-bond acceptors (Lipinski definition) is 4. The van der Waals surface area contributed by atoms with E-state index in [-0.39, 0.29) is 36.9 Å². The third-order valence-corrected chi connectivity index (χ3v) is 6.08. The lowest BCUT2D eigenvalue weighted by molar-refractivity contribution is -0.123. The Hall–Kier alpha value is -3.65. The zero-order valence-electron chi connectivity index (χ0n) is 20.0. The van der Waals surface area contributed by atoms with Gasteiger partial charge in [-0.1, -0.05) is 18.2 Å². The van der Waals surface area contributed by atoms with Crippen LogP contribution in [0.4, 0.5) is 4.39 Å². The van der Waals surface area contributed by atoms with Crippen LogP contribution in [0.5, 0.6) is 5.75 Å². The Morgan fingerprint density at radius 3 is 2.63 bits per heavy atom. The number of nitrogens with zero attached hydrogens (tertiary/aromatic N) is 1. The second-order valence-electron chi connectivity index (χ2n) is 8.61. The Morgan fingerprint density at radius 1 is 1.11 bits per heavy atom. The van der Waals surface area contributed by atoms with E-state index < -0.39 is 0 Å². The Morgan fingerprint density at radius 2 is 1.89 bits per heavy atom. The molecule has 2 aromatic carbocycles. The largest absolute Gasteiger partial charge is 0.483 e. The van der Waals surface area contributed by atoms with Crippen molar-refractivity contribution in [3.05, 3.63) is 82.9 Å². The highest BCUT2D eigenvalue weighted by Crippen LogP contribution is 2.22. The fraction of sp³-hybridized carbons (Fsp3) is 0.333. The molecule has 2 heterocycles. The van der Waals surface area contributed by atoms with E-state index in [1.807, 2.05) is 42.7 Å². The maximum Gasteiger partial charge on any atom is 0.258 e. The Labute approximate surface area is 204 Å². The van der Waals surface area contributed by atoms with Gasteiger partial charge in [0.2, 0.25) is 0 Å². The fourth-order valence-corrected chi connectivity index (χ4v) is 4.27. The van der Waals surface area contributed by atoms with E-state index in [2.05, 4.69) is 10.6 Å². The number of halogens is 1. The molecular formula is C27H30FN3O4. The smallest absolute Gasteiger partial charge is 0.258 e. The van der Waals surface area contributed by atoms with Gasteiger partial charge in [0.15, 0.2) is 6.61 Å². The Kier molecular flexibility index (Phi) is 7.82. The zero-order valence-corrected chi connectivity index (χ0v) is 20.0. The maximum atomic E-state index is 13.3. The normalized spacial score (nSPS) is 15.1. The number of carbonyl (C=O) groups is 2. The van der Waals surface area contributed by atoms with E-state index in [9.17, 15) is 14.0 Å². The van der Waals surface area contributed by atoms with Gasteiger partial charge >= 0.3 is 0 Å². The van der Waals surface area contributed by atoms with Crippen molar-refractivity contribution < 1.29 is 23.5 Å². The first-order valence-electron chi connectivity index (χ1n) is 11.7. The monoisotopic (exact) mass is 479 g/mol. The van der Waals surface area contributed by atoms with Gasteiger partial charge in [0, 0.05) is 42.3 Å². The molecule has 1 saturated heterocycles.